The van der Waals surface area contributed by atoms with Crippen molar-refractivity contribution in [2.24, 2.45) is 5.73 Å². The molecule has 0 heterocycles. The fourth-order valence-electron chi connectivity index (χ4n) is 1.19. The van der Waals surface area contributed by atoms with E-state index in [9.17, 15) is 14.9 Å². The summed E-state index contributed by atoms with van der Waals surface area (Å²) >= 11 is 5.85. The minimum absolute atomic E-state index is 0.0736. The standard InChI is InChI=1S/C10H12ClN3O4/c11-8-5-7(14(16)17)1-2-9(8)13-3-4-18-6-10(12)15/h1-2,5,13H,3-4,6H2,(H2,12,15). The number of benzene rings is 1. The van der Waals surface area contributed by atoms with E-state index < -0.39 is 10.8 Å². The van der Waals surface area contributed by atoms with Gasteiger partial charge in [-0.1, -0.05) is 11.6 Å². The van der Waals surface area contributed by atoms with Crippen LogP contribution in [0.15, 0.2) is 18.2 Å². The van der Waals surface area contributed by atoms with Crippen LogP contribution in [-0.4, -0.2) is 30.6 Å². The highest BCUT2D eigenvalue weighted by Crippen LogP contribution is 2.26. The summed E-state index contributed by atoms with van der Waals surface area (Å²) in [4.78, 5) is 20.3. The van der Waals surface area contributed by atoms with Gasteiger partial charge in [-0.3, -0.25) is 14.9 Å². The van der Waals surface area contributed by atoms with Crippen LogP contribution in [0.2, 0.25) is 5.02 Å². The predicted molar refractivity (Wildman–Crippen MR) is 66.6 cm³/mol. The molecule has 7 nitrogen and oxygen atoms in total. The third-order valence-electron chi connectivity index (χ3n) is 1.97. The maximum absolute atomic E-state index is 10.5. The number of nitrogens with two attached hydrogens (primary N) is 1. The number of nitro benzene ring substituents is 1. The number of amides is 1. The van der Waals surface area contributed by atoms with E-state index in [1.165, 1.54) is 18.2 Å². The number of primary amides is 1. The maximum Gasteiger partial charge on any atom is 0.271 e. The lowest BCUT2D eigenvalue weighted by Crippen LogP contribution is -2.20. The molecule has 0 aliphatic heterocycles. The van der Waals surface area contributed by atoms with Crippen LogP contribution < -0.4 is 11.1 Å². The van der Waals surface area contributed by atoms with Gasteiger partial charge in [0.2, 0.25) is 5.91 Å². The van der Waals surface area contributed by atoms with Gasteiger partial charge in [-0.2, -0.15) is 0 Å². The molecule has 18 heavy (non-hydrogen) atoms. The molecule has 3 N–H and O–H groups in total. The number of carbonyl (C=O) groups is 1. The SMILES string of the molecule is NC(=O)COCCNc1ccc([N+](=O)[O-])cc1Cl. The van der Waals surface area contributed by atoms with Gasteiger partial charge in [0.1, 0.15) is 6.61 Å². The molecular formula is C10H12ClN3O4. The first-order valence-corrected chi connectivity index (χ1v) is 5.42. The molecule has 1 rings (SSSR count). The molecule has 1 aromatic rings. The zero-order chi connectivity index (χ0) is 13.5. The summed E-state index contributed by atoms with van der Waals surface area (Å²) in [6.45, 7) is 0.538. The Morgan fingerprint density at radius 1 is 1.56 bits per heavy atom. The van der Waals surface area contributed by atoms with Crippen molar-refractivity contribution in [1.82, 2.24) is 0 Å². The molecule has 0 saturated heterocycles. The van der Waals surface area contributed by atoms with Crippen LogP contribution in [0.3, 0.4) is 0 Å². The normalized spacial score (nSPS) is 10.1. The lowest BCUT2D eigenvalue weighted by molar-refractivity contribution is -0.384. The second kappa shape index (κ2) is 6.77. The fraction of sp³-hybridized carbons (Fsp3) is 0.300. The van der Waals surface area contributed by atoms with Gasteiger partial charge in [0.05, 0.1) is 22.2 Å². The van der Waals surface area contributed by atoms with Gasteiger partial charge in [-0.05, 0) is 6.07 Å². The summed E-state index contributed by atoms with van der Waals surface area (Å²) in [6, 6.07) is 4.11. The summed E-state index contributed by atoms with van der Waals surface area (Å²) in [5.41, 5.74) is 5.37. The molecule has 0 radical (unpaired) electrons. The molecule has 8 heteroatoms. The number of non-ortho nitro benzene ring substituents is 1. The van der Waals surface area contributed by atoms with E-state index >= 15 is 0 Å². The molecule has 1 amide bonds. The van der Waals surface area contributed by atoms with Gasteiger partial charge in [0, 0.05) is 18.7 Å². The Morgan fingerprint density at radius 3 is 2.83 bits per heavy atom. The third kappa shape index (κ3) is 4.56. The van der Waals surface area contributed by atoms with Crippen molar-refractivity contribution in [1.29, 1.82) is 0 Å². The summed E-state index contributed by atoms with van der Waals surface area (Å²) in [7, 11) is 0. The number of halogens is 1. The van der Waals surface area contributed by atoms with Gasteiger partial charge < -0.3 is 15.8 Å². The summed E-state index contributed by atoms with van der Waals surface area (Å²) in [5.74, 6) is -0.539. The van der Waals surface area contributed by atoms with E-state index in [4.69, 9.17) is 22.1 Å². The molecular weight excluding hydrogens is 262 g/mol. The van der Waals surface area contributed by atoms with Crippen LogP contribution in [0.4, 0.5) is 11.4 Å². The van der Waals surface area contributed by atoms with Crippen molar-refractivity contribution in [2.75, 3.05) is 25.1 Å². The van der Waals surface area contributed by atoms with Crippen LogP contribution in [0.1, 0.15) is 0 Å². The van der Waals surface area contributed by atoms with Crippen LogP contribution in [0, 0.1) is 10.1 Å². The van der Waals surface area contributed by atoms with E-state index in [1.54, 1.807) is 0 Å². The largest absolute Gasteiger partial charge is 0.382 e. The Morgan fingerprint density at radius 2 is 2.28 bits per heavy atom. The average molecular weight is 274 g/mol. The van der Waals surface area contributed by atoms with E-state index in [1.807, 2.05) is 0 Å². The van der Waals surface area contributed by atoms with Crippen LogP contribution >= 0.6 is 11.6 Å². The Labute approximate surface area is 108 Å². The highest BCUT2D eigenvalue weighted by Gasteiger charge is 2.08. The number of nitrogens with one attached hydrogen (secondary N) is 1. The molecule has 0 spiro atoms. The topological polar surface area (TPSA) is 107 Å². The zero-order valence-electron chi connectivity index (χ0n) is 9.39. The van der Waals surface area contributed by atoms with Crippen LogP contribution in [0.25, 0.3) is 0 Å². The Balaban J connectivity index is 2.43. The Kier molecular flexibility index (Phi) is 5.34. The van der Waals surface area contributed by atoms with Gasteiger partial charge in [-0.15, -0.1) is 0 Å². The van der Waals surface area contributed by atoms with E-state index in [-0.39, 0.29) is 23.9 Å². The zero-order valence-corrected chi connectivity index (χ0v) is 10.1. The number of hydrogen-bond acceptors (Lipinski definition) is 5. The lowest BCUT2D eigenvalue weighted by atomic mass is 10.3. The summed E-state index contributed by atoms with van der Waals surface area (Å²) in [5, 5.41) is 13.7. The molecule has 1 aromatic carbocycles. The minimum Gasteiger partial charge on any atom is -0.382 e. The number of anilines is 1. The van der Waals surface area contributed by atoms with E-state index in [0.717, 1.165) is 0 Å². The minimum atomic E-state index is -0.539. The average Bonchev–Trinajstić information content (AvgIpc) is 2.29. The Hall–Kier alpha value is -1.86. The summed E-state index contributed by atoms with van der Waals surface area (Å²) in [6.07, 6.45) is 0. The quantitative estimate of drug-likeness (QED) is 0.440. The number of hydrogen-bond donors (Lipinski definition) is 2. The van der Waals surface area contributed by atoms with Crippen molar-refractivity contribution in [3.05, 3.63) is 33.3 Å². The first kappa shape index (κ1) is 14.2. The molecule has 98 valence electrons. The van der Waals surface area contributed by atoms with Gasteiger partial charge >= 0.3 is 0 Å². The van der Waals surface area contributed by atoms with Gasteiger partial charge in [0.25, 0.3) is 5.69 Å². The fourth-order valence-corrected chi connectivity index (χ4v) is 1.43. The maximum atomic E-state index is 10.5. The number of rotatable bonds is 7. The second-order valence-corrected chi connectivity index (χ2v) is 3.77. The van der Waals surface area contributed by atoms with Crippen molar-refractivity contribution in [3.8, 4) is 0 Å². The molecule has 0 atom stereocenters. The first-order chi connectivity index (χ1) is 8.50. The van der Waals surface area contributed by atoms with Crippen molar-refractivity contribution >= 4 is 28.9 Å². The molecule has 0 aromatic heterocycles. The van der Waals surface area contributed by atoms with Crippen molar-refractivity contribution in [3.63, 3.8) is 0 Å². The van der Waals surface area contributed by atoms with Crippen LogP contribution in [0.5, 0.6) is 0 Å². The predicted octanol–water partition coefficient (Wildman–Crippen LogP) is 1.16. The molecule has 0 bridgehead atoms. The molecule has 0 unspecified atom stereocenters. The number of ether oxygens (including phenoxy) is 1. The van der Waals surface area contributed by atoms with E-state index in [0.29, 0.717) is 12.2 Å². The van der Waals surface area contributed by atoms with Crippen LogP contribution in [-0.2, 0) is 9.53 Å². The van der Waals surface area contributed by atoms with E-state index in [2.05, 4.69) is 5.32 Å². The highest BCUT2D eigenvalue weighted by atomic mass is 35.5. The highest BCUT2D eigenvalue weighted by molar-refractivity contribution is 6.33. The monoisotopic (exact) mass is 273 g/mol. The third-order valence-corrected chi connectivity index (χ3v) is 2.28. The lowest BCUT2D eigenvalue weighted by Gasteiger charge is -2.08. The molecule has 0 saturated carbocycles. The molecule has 0 aliphatic carbocycles. The second-order valence-electron chi connectivity index (χ2n) is 3.37. The Bertz CT molecular complexity index is 453. The van der Waals surface area contributed by atoms with Gasteiger partial charge in [-0.25, -0.2) is 0 Å². The molecule has 0 aliphatic rings. The summed E-state index contributed by atoms with van der Waals surface area (Å²) < 4.78 is 4.93. The first-order valence-electron chi connectivity index (χ1n) is 5.04. The number of nitrogens with zero attached hydrogens (tertiary/aromatic N) is 1. The number of carbonyl (C=O) groups excluding carboxylic acids is 1. The van der Waals surface area contributed by atoms with Crippen molar-refractivity contribution in [2.45, 2.75) is 0 Å². The number of nitro groups is 1. The van der Waals surface area contributed by atoms with Crippen molar-refractivity contribution < 1.29 is 14.5 Å². The smallest absolute Gasteiger partial charge is 0.271 e. The van der Waals surface area contributed by atoms with Gasteiger partial charge in [0.15, 0.2) is 0 Å². The molecule has 0 fully saturated rings.